The van der Waals surface area contributed by atoms with E-state index < -0.39 is 0 Å². The Hall–Kier alpha value is -3.00. The van der Waals surface area contributed by atoms with Crippen molar-refractivity contribution in [3.8, 4) is 11.4 Å². The summed E-state index contributed by atoms with van der Waals surface area (Å²) >= 11 is 6.14. The molecule has 0 saturated heterocycles. The number of hydrogen-bond acceptors (Lipinski definition) is 6. The number of aromatic amines is 1. The minimum atomic E-state index is 0.186. The summed E-state index contributed by atoms with van der Waals surface area (Å²) in [5, 5.41) is 15.2. The van der Waals surface area contributed by atoms with Crippen molar-refractivity contribution in [2.24, 2.45) is 7.05 Å². The number of H-pyrrole nitrogens is 1. The normalized spacial score (nSPS) is 11.4. The second kappa shape index (κ2) is 6.96. The van der Waals surface area contributed by atoms with Gasteiger partial charge in [-0.1, -0.05) is 19.9 Å². The minimum absolute atomic E-state index is 0.186. The summed E-state index contributed by atoms with van der Waals surface area (Å²) in [6.07, 6.45) is 3.53. The van der Waals surface area contributed by atoms with Crippen LogP contribution >= 0.6 is 11.6 Å². The number of nitrogens with zero attached hydrogens (tertiary/aromatic N) is 6. The molecule has 4 rings (SSSR count). The molecular weight excluding hydrogens is 364 g/mol. The van der Waals surface area contributed by atoms with Gasteiger partial charge in [0.05, 0.1) is 17.1 Å². The molecule has 0 fully saturated rings. The molecule has 0 atom stereocenters. The van der Waals surface area contributed by atoms with E-state index in [0.717, 1.165) is 28.2 Å². The van der Waals surface area contributed by atoms with Gasteiger partial charge in [-0.15, -0.1) is 0 Å². The fourth-order valence-electron chi connectivity index (χ4n) is 3.01. The van der Waals surface area contributed by atoms with E-state index >= 15 is 0 Å². The van der Waals surface area contributed by atoms with Crippen LogP contribution in [-0.4, -0.2) is 34.9 Å². The Bertz CT molecular complexity index is 1100. The van der Waals surface area contributed by atoms with E-state index in [2.05, 4.69) is 49.4 Å². The molecule has 0 amide bonds. The number of rotatable bonds is 5. The minimum Gasteiger partial charge on any atom is -0.364 e. The highest BCUT2D eigenvalue weighted by molar-refractivity contribution is 6.28. The first kappa shape index (κ1) is 17.4. The fraction of sp³-hybridized carbons (Fsp3) is 0.278. The predicted octanol–water partition coefficient (Wildman–Crippen LogP) is 3.54. The molecule has 8 nitrogen and oxygen atoms in total. The molecule has 2 N–H and O–H groups in total. The molecule has 0 aromatic carbocycles. The Labute approximate surface area is 161 Å². The van der Waals surface area contributed by atoms with Gasteiger partial charge in [0.1, 0.15) is 5.52 Å². The summed E-state index contributed by atoms with van der Waals surface area (Å²) in [6, 6.07) is 5.87. The van der Waals surface area contributed by atoms with Crippen LogP contribution in [0.3, 0.4) is 0 Å². The predicted molar refractivity (Wildman–Crippen MR) is 105 cm³/mol. The molecule has 0 bridgehead atoms. The van der Waals surface area contributed by atoms with Crippen LogP contribution in [0.4, 0.5) is 5.82 Å². The van der Waals surface area contributed by atoms with Gasteiger partial charge in [0, 0.05) is 26.0 Å². The van der Waals surface area contributed by atoms with Gasteiger partial charge >= 0.3 is 0 Å². The van der Waals surface area contributed by atoms with Crippen LogP contribution in [0.2, 0.25) is 5.28 Å². The lowest BCUT2D eigenvalue weighted by Gasteiger charge is -2.11. The molecule has 0 aliphatic carbocycles. The monoisotopic (exact) mass is 382 g/mol. The van der Waals surface area contributed by atoms with Crippen LogP contribution in [0, 0.1) is 0 Å². The largest absolute Gasteiger partial charge is 0.364 e. The number of fused-ring (bicyclic) bond motifs is 1. The highest BCUT2D eigenvalue weighted by Crippen LogP contribution is 2.27. The highest BCUT2D eigenvalue weighted by atomic mass is 35.5. The SMILES string of the molecule is CC(C)c1[nH]nc2c(NCc3cccnc3-c3ccnn3C)nc(Cl)nc12. The van der Waals surface area contributed by atoms with E-state index in [9.17, 15) is 0 Å². The number of aromatic nitrogens is 7. The molecule has 0 aliphatic rings. The lowest BCUT2D eigenvalue weighted by Crippen LogP contribution is -2.06. The topological polar surface area (TPSA) is 97.2 Å². The molecule has 0 saturated carbocycles. The zero-order valence-electron chi connectivity index (χ0n) is 15.2. The number of hydrogen-bond donors (Lipinski definition) is 2. The lowest BCUT2D eigenvalue weighted by molar-refractivity contribution is 0.772. The van der Waals surface area contributed by atoms with E-state index in [4.69, 9.17) is 11.6 Å². The average molecular weight is 383 g/mol. The van der Waals surface area contributed by atoms with Crippen LogP contribution in [-0.2, 0) is 13.6 Å². The van der Waals surface area contributed by atoms with Crippen LogP contribution in [0.15, 0.2) is 30.6 Å². The molecule has 4 aromatic heterocycles. The van der Waals surface area contributed by atoms with Crippen LogP contribution < -0.4 is 5.32 Å². The van der Waals surface area contributed by atoms with E-state index in [1.165, 1.54) is 0 Å². The summed E-state index contributed by atoms with van der Waals surface area (Å²) in [7, 11) is 1.89. The van der Waals surface area contributed by atoms with Crippen molar-refractivity contribution in [1.29, 1.82) is 0 Å². The van der Waals surface area contributed by atoms with Crippen LogP contribution in [0.5, 0.6) is 0 Å². The van der Waals surface area contributed by atoms with Crippen molar-refractivity contribution < 1.29 is 0 Å². The molecule has 4 heterocycles. The summed E-state index contributed by atoms with van der Waals surface area (Å²) in [4.78, 5) is 13.2. The number of halogens is 1. The van der Waals surface area contributed by atoms with E-state index in [1.54, 1.807) is 17.1 Å². The molecule has 0 spiro atoms. The number of nitrogens with one attached hydrogen (secondary N) is 2. The first-order chi connectivity index (χ1) is 13.0. The Kier molecular flexibility index (Phi) is 4.49. The summed E-state index contributed by atoms with van der Waals surface area (Å²) in [5.74, 6) is 0.844. The van der Waals surface area contributed by atoms with Crippen molar-refractivity contribution >= 4 is 28.5 Å². The molecular formula is C18H19ClN8. The average Bonchev–Trinajstić information content (AvgIpc) is 3.26. The molecule has 0 unspecified atom stereocenters. The van der Waals surface area contributed by atoms with Gasteiger partial charge < -0.3 is 5.32 Å². The fourth-order valence-corrected chi connectivity index (χ4v) is 3.18. The van der Waals surface area contributed by atoms with Gasteiger partial charge in [-0.05, 0) is 35.2 Å². The Morgan fingerprint density at radius 3 is 2.78 bits per heavy atom. The maximum atomic E-state index is 6.14. The maximum Gasteiger partial charge on any atom is 0.225 e. The van der Waals surface area contributed by atoms with Gasteiger partial charge in [0.2, 0.25) is 5.28 Å². The van der Waals surface area contributed by atoms with Crippen LogP contribution in [0.25, 0.3) is 22.4 Å². The maximum absolute atomic E-state index is 6.14. The third-order valence-electron chi connectivity index (χ3n) is 4.38. The molecule has 4 aromatic rings. The first-order valence-electron chi connectivity index (χ1n) is 8.62. The van der Waals surface area contributed by atoms with Crippen LogP contribution in [0.1, 0.15) is 31.0 Å². The Morgan fingerprint density at radius 2 is 2.04 bits per heavy atom. The van der Waals surface area contributed by atoms with Crippen molar-refractivity contribution in [2.75, 3.05) is 5.32 Å². The number of pyridine rings is 1. The van der Waals surface area contributed by atoms with E-state index in [0.29, 0.717) is 17.9 Å². The van der Waals surface area contributed by atoms with E-state index in [-0.39, 0.29) is 11.2 Å². The zero-order valence-corrected chi connectivity index (χ0v) is 16.0. The van der Waals surface area contributed by atoms with Crippen molar-refractivity contribution in [2.45, 2.75) is 26.3 Å². The van der Waals surface area contributed by atoms with E-state index in [1.807, 2.05) is 25.2 Å². The van der Waals surface area contributed by atoms with Gasteiger partial charge in [-0.25, -0.2) is 4.98 Å². The van der Waals surface area contributed by atoms with Gasteiger partial charge in [0.15, 0.2) is 11.3 Å². The third kappa shape index (κ3) is 3.23. The molecule has 0 radical (unpaired) electrons. The van der Waals surface area contributed by atoms with Crippen molar-refractivity contribution in [3.63, 3.8) is 0 Å². The van der Waals surface area contributed by atoms with Crippen molar-refractivity contribution in [3.05, 3.63) is 47.1 Å². The Balaban J connectivity index is 1.68. The smallest absolute Gasteiger partial charge is 0.225 e. The number of aryl methyl sites for hydroxylation is 1. The zero-order chi connectivity index (χ0) is 19.0. The molecule has 9 heteroatoms. The number of anilines is 1. The first-order valence-corrected chi connectivity index (χ1v) is 9.00. The van der Waals surface area contributed by atoms with Gasteiger partial charge in [-0.2, -0.15) is 15.2 Å². The molecule has 27 heavy (non-hydrogen) atoms. The Morgan fingerprint density at radius 1 is 1.19 bits per heavy atom. The summed E-state index contributed by atoms with van der Waals surface area (Å²) < 4.78 is 1.80. The summed E-state index contributed by atoms with van der Waals surface area (Å²) in [6.45, 7) is 4.67. The quantitative estimate of drug-likeness (QED) is 0.512. The van der Waals surface area contributed by atoms with Gasteiger partial charge in [-0.3, -0.25) is 14.8 Å². The second-order valence-electron chi connectivity index (χ2n) is 6.54. The summed E-state index contributed by atoms with van der Waals surface area (Å²) in [5.41, 5.74) is 5.18. The van der Waals surface area contributed by atoms with Gasteiger partial charge in [0.25, 0.3) is 0 Å². The molecule has 138 valence electrons. The van der Waals surface area contributed by atoms with Crippen molar-refractivity contribution in [1.82, 2.24) is 34.9 Å². The lowest BCUT2D eigenvalue weighted by atomic mass is 10.1. The highest BCUT2D eigenvalue weighted by Gasteiger charge is 2.17. The molecule has 0 aliphatic heterocycles. The second-order valence-corrected chi connectivity index (χ2v) is 6.87. The third-order valence-corrected chi connectivity index (χ3v) is 4.55. The standard InChI is InChI=1S/C18H19ClN8/c1-10(2)13-15-16(26-25-13)17(24-18(19)23-15)21-9-11-5-4-7-20-14(11)12-6-8-22-27(12)3/h4-8,10H,9H2,1-3H3,(H,25,26)(H,21,23,24).